The lowest BCUT2D eigenvalue weighted by molar-refractivity contribution is 0.795. The van der Waals surface area contributed by atoms with E-state index in [1.54, 1.807) is 6.33 Å². The Labute approximate surface area is 108 Å². The number of rotatable bonds is 6. The third kappa shape index (κ3) is 3.32. The standard InChI is InChI=1S/C14H20N4/c1-3-4-5-12-6-8-13(9-7-12)15-10-14-17-16-11-18(14)2/h6-9,11,15H,3-5,10H2,1-2H3. The number of benzene rings is 1. The van der Waals surface area contributed by atoms with Crippen molar-refractivity contribution in [1.82, 2.24) is 14.8 Å². The molecule has 0 unspecified atom stereocenters. The summed E-state index contributed by atoms with van der Waals surface area (Å²) in [5.74, 6) is 0.935. The third-order valence-electron chi connectivity index (χ3n) is 3.03. The van der Waals surface area contributed by atoms with Gasteiger partial charge in [-0.25, -0.2) is 0 Å². The minimum absolute atomic E-state index is 0.699. The van der Waals surface area contributed by atoms with E-state index in [9.17, 15) is 0 Å². The minimum Gasteiger partial charge on any atom is -0.378 e. The first kappa shape index (κ1) is 12.6. The minimum atomic E-state index is 0.699. The summed E-state index contributed by atoms with van der Waals surface area (Å²) in [7, 11) is 1.95. The highest BCUT2D eigenvalue weighted by atomic mass is 15.3. The van der Waals surface area contributed by atoms with E-state index in [0.717, 1.165) is 11.5 Å². The predicted octanol–water partition coefficient (Wildman–Crippen LogP) is 2.77. The Kier molecular flexibility index (Phi) is 4.34. The van der Waals surface area contributed by atoms with Crippen LogP contribution < -0.4 is 5.32 Å². The van der Waals surface area contributed by atoms with Crippen molar-refractivity contribution in [3.05, 3.63) is 42.0 Å². The molecule has 0 bridgehead atoms. The topological polar surface area (TPSA) is 42.7 Å². The maximum absolute atomic E-state index is 4.04. The fourth-order valence-corrected chi connectivity index (χ4v) is 1.82. The summed E-state index contributed by atoms with van der Waals surface area (Å²) in [6.07, 6.45) is 5.38. The van der Waals surface area contributed by atoms with Crippen LogP contribution in [0.15, 0.2) is 30.6 Å². The summed E-state index contributed by atoms with van der Waals surface area (Å²) in [5.41, 5.74) is 2.53. The molecule has 0 atom stereocenters. The van der Waals surface area contributed by atoms with E-state index in [-0.39, 0.29) is 0 Å². The largest absolute Gasteiger partial charge is 0.378 e. The number of nitrogens with one attached hydrogen (secondary N) is 1. The Morgan fingerprint density at radius 2 is 2.00 bits per heavy atom. The van der Waals surface area contributed by atoms with E-state index in [2.05, 4.69) is 46.7 Å². The lowest BCUT2D eigenvalue weighted by Crippen LogP contribution is -2.05. The number of aromatic nitrogens is 3. The van der Waals surface area contributed by atoms with Gasteiger partial charge in [-0.15, -0.1) is 10.2 Å². The number of aryl methyl sites for hydroxylation is 2. The maximum Gasteiger partial charge on any atom is 0.151 e. The molecular formula is C14H20N4. The first-order chi connectivity index (χ1) is 8.79. The fraction of sp³-hybridized carbons (Fsp3) is 0.429. The molecule has 0 saturated carbocycles. The van der Waals surface area contributed by atoms with Gasteiger partial charge < -0.3 is 9.88 Å². The molecule has 2 rings (SSSR count). The van der Waals surface area contributed by atoms with Crippen LogP contribution in [0.5, 0.6) is 0 Å². The third-order valence-corrected chi connectivity index (χ3v) is 3.03. The molecule has 0 aliphatic heterocycles. The highest BCUT2D eigenvalue weighted by molar-refractivity contribution is 5.44. The normalized spacial score (nSPS) is 10.6. The molecule has 4 heteroatoms. The molecule has 2 aromatic rings. The molecule has 96 valence electrons. The monoisotopic (exact) mass is 244 g/mol. The van der Waals surface area contributed by atoms with Crippen LogP contribution in [0.1, 0.15) is 31.2 Å². The summed E-state index contributed by atoms with van der Waals surface area (Å²) >= 11 is 0. The maximum atomic E-state index is 4.04. The van der Waals surface area contributed by atoms with Crippen LogP contribution in [0.3, 0.4) is 0 Å². The Hall–Kier alpha value is -1.84. The van der Waals surface area contributed by atoms with Gasteiger partial charge in [-0.2, -0.15) is 0 Å². The molecule has 4 nitrogen and oxygen atoms in total. The molecule has 0 aliphatic carbocycles. The van der Waals surface area contributed by atoms with Crippen molar-refractivity contribution in [2.75, 3.05) is 5.32 Å². The van der Waals surface area contributed by atoms with Crippen LogP contribution in [-0.2, 0) is 20.0 Å². The smallest absolute Gasteiger partial charge is 0.151 e. The van der Waals surface area contributed by atoms with Gasteiger partial charge in [0, 0.05) is 12.7 Å². The second-order valence-corrected chi connectivity index (χ2v) is 4.51. The Morgan fingerprint density at radius 3 is 2.61 bits per heavy atom. The van der Waals surface area contributed by atoms with E-state index >= 15 is 0 Å². The molecule has 0 amide bonds. The fourth-order valence-electron chi connectivity index (χ4n) is 1.82. The summed E-state index contributed by atoms with van der Waals surface area (Å²) in [6.45, 7) is 2.92. The number of hydrogen-bond acceptors (Lipinski definition) is 3. The molecule has 0 aliphatic rings. The van der Waals surface area contributed by atoms with E-state index in [1.165, 1.54) is 24.8 Å². The molecule has 0 spiro atoms. The van der Waals surface area contributed by atoms with E-state index in [1.807, 2.05) is 11.6 Å². The van der Waals surface area contributed by atoms with Crippen molar-refractivity contribution in [3.8, 4) is 0 Å². The second-order valence-electron chi connectivity index (χ2n) is 4.51. The molecule has 0 saturated heterocycles. The first-order valence-corrected chi connectivity index (χ1v) is 6.45. The van der Waals surface area contributed by atoms with Crippen LogP contribution in [0.4, 0.5) is 5.69 Å². The van der Waals surface area contributed by atoms with Crippen LogP contribution in [-0.4, -0.2) is 14.8 Å². The zero-order chi connectivity index (χ0) is 12.8. The highest BCUT2D eigenvalue weighted by Crippen LogP contribution is 2.12. The molecular weight excluding hydrogens is 224 g/mol. The molecule has 1 aromatic carbocycles. The van der Waals surface area contributed by atoms with Gasteiger partial charge in [0.15, 0.2) is 5.82 Å². The number of hydrogen-bond donors (Lipinski definition) is 1. The van der Waals surface area contributed by atoms with Gasteiger partial charge in [0.05, 0.1) is 6.54 Å². The second kappa shape index (κ2) is 6.19. The summed E-state index contributed by atoms with van der Waals surface area (Å²) in [4.78, 5) is 0. The van der Waals surface area contributed by atoms with Crippen molar-refractivity contribution >= 4 is 5.69 Å². The van der Waals surface area contributed by atoms with Crippen molar-refractivity contribution in [2.24, 2.45) is 7.05 Å². The molecule has 1 N–H and O–H groups in total. The number of nitrogens with zero attached hydrogens (tertiary/aromatic N) is 3. The van der Waals surface area contributed by atoms with Crippen molar-refractivity contribution in [3.63, 3.8) is 0 Å². The lowest BCUT2D eigenvalue weighted by atomic mass is 10.1. The average Bonchev–Trinajstić information content (AvgIpc) is 2.81. The van der Waals surface area contributed by atoms with Gasteiger partial charge in [0.1, 0.15) is 6.33 Å². The SMILES string of the molecule is CCCCc1ccc(NCc2nncn2C)cc1. The average molecular weight is 244 g/mol. The van der Waals surface area contributed by atoms with Gasteiger partial charge in [-0.3, -0.25) is 0 Å². The summed E-state index contributed by atoms with van der Waals surface area (Å²) in [6, 6.07) is 8.63. The highest BCUT2D eigenvalue weighted by Gasteiger charge is 2.00. The molecule has 0 fully saturated rings. The number of unbranched alkanes of at least 4 members (excludes halogenated alkanes) is 1. The first-order valence-electron chi connectivity index (χ1n) is 6.45. The van der Waals surface area contributed by atoms with Crippen LogP contribution in [0, 0.1) is 0 Å². The zero-order valence-corrected chi connectivity index (χ0v) is 11.1. The molecule has 1 aromatic heterocycles. The quantitative estimate of drug-likeness (QED) is 0.849. The van der Waals surface area contributed by atoms with Crippen molar-refractivity contribution in [1.29, 1.82) is 0 Å². The Morgan fingerprint density at radius 1 is 1.22 bits per heavy atom. The molecule has 18 heavy (non-hydrogen) atoms. The van der Waals surface area contributed by atoms with Gasteiger partial charge in [0.2, 0.25) is 0 Å². The van der Waals surface area contributed by atoms with E-state index < -0.39 is 0 Å². The van der Waals surface area contributed by atoms with E-state index in [0.29, 0.717) is 6.54 Å². The van der Waals surface area contributed by atoms with Crippen molar-refractivity contribution in [2.45, 2.75) is 32.7 Å². The Bertz CT molecular complexity index is 473. The molecule has 0 radical (unpaired) electrons. The van der Waals surface area contributed by atoms with E-state index in [4.69, 9.17) is 0 Å². The van der Waals surface area contributed by atoms with Gasteiger partial charge >= 0.3 is 0 Å². The molecule has 1 heterocycles. The van der Waals surface area contributed by atoms with Crippen molar-refractivity contribution < 1.29 is 0 Å². The van der Waals surface area contributed by atoms with Gasteiger partial charge in [-0.1, -0.05) is 25.5 Å². The lowest BCUT2D eigenvalue weighted by Gasteiger charge is -2.07. The van der Waals surface area contributed by atoms with Gasteiger partial charge in [0.25, 0.3) is 0 Å². The zero-order valence-electron chi connectivity index (χ0n) is 11.1. The number of anilines is 1. The Balaban J connectivity index is 1.88. The summed E-state index contributed by atoms with van der Waals surface area (Å²) in [5, 5.41) is 11.2. The van der Waals surface area contributed by atoms with Gasteiger partial charge in [-0.05, 0) is 30.5 Å². The van der Waals surface area contributed by atoms with Crippen LogP contribution in [0.2, 0.25) is 0 Å². The van der Waals surface area contributed by atoms with Crippen LogP contribution in [0.25, 0.3) is 0 Å². The summed E-state index contributed by atoms with van der Waals surface area (Å²) < 4.78 is 1.92. The van der Waals surface area contributed by atoms with Crippen LogP contribution >= 0.6 is 0 Å². The predicted molar refractivity (Wildman–Crippen MR) is 73.4 cm³/mol.